The number of hydrogen-bond donors (Lipinski definition) is 0. The van der Waals surface area contributed by atoms with Gasteiger partial charge in [-0.15, -0.1) is 0 Å². The molecule has 0 radical (unpaired) electrons. The first-order valence-corrected chi connectivity index (χ1v) is 6.71. The van der Waals surface area contributed by atoms with Gasteiger partial charge in [0.25, 0.3) is 0 Å². The predicted octanol–water partition coefficient (Wildman–Crippen LogP) is 5.51. The maximum absolute atomic E-state index is 2.51. The largest absolute Gasteiger partial charge is 0.0856 e. The van der Waals surface area contributed by atoms with Gasteiger partial charge in [0, 0.05) is 0 Å². The summed E-state index contributed by atoms with van der Waals surface area (Å²) in [6.07, 6.45) is 11.4. The molecule has 0 amide bonds. The molecule has 0 heterocycles. The molecule has 0 aliphatic heterocycles. The number of hydrogen-bond acceptors (Lipinski definition) is 0. The van der Waals surface area contributed by atoms with E-state index < -0.39 is 0 Å². The molecule has 0 saturated carbocycles. The highest BCUT2D eigenvalue weighted by atomic mass is 14.3. The van der Waals surface area contributed by atoms with Crippen molar-refractivity contribution in [2.75, 3.05) is 0 Å². The maximum Gasteiger partial charge on any atom is -0.0285 e. The lowest BCUT2D eigenvalue weighted by molar-refractivity contribution is 0.220. The van der Waals surface area contributed by atoms with Gasteiger partial charge in [-0.25, -0.2) is 0 Å². The minimum absolute atomic E-state index is 0.488. The van der Waals surface area contributed by atoms with Crippen LogP contribution in [-0.4, -0.2) is 0 Å². The van der Waals surface area contributed by atoms with E-state index in [0.29, 0.717) is 5.41 Å². The molecular weight excluding hydrogens is 192 g/mol. The van der Waals surface area contributed by atoms with Crippen LogP contribution in [0.15, 0.2) is 23.3 Å². The molecule has 0 heteroatoms. The van der Waals surface area contributed by atoms with E-state index in [9.17, 15) is 0 Å². The van der Waals surface area contributed by atoms with Crippen LogP contribution in [-0.2, 0) is 0 Å². The zero-order valence-corrected chi connectivity index (χ0v) is 11.8. The van der Waals surface area contributed by atoms with Gasteiger partial charge in [0.1, 0.15) is 0 Å². The van der Waals surface area contributed by atoms with E-state index in [1.54, 1.807) is 5.57 Å². The molecule has 0 nitrogen and oxygen atoms in total. The highest BCUT2D eigenvalue weighted by molar-refractivity contribution is 5.09. The Hall–Kier alpha value is -0.520. The highest BCUT2D eigenvalue weighted by Crippen LogP contribution is 2.37. The van der Waals surface area contributed by atoms with E-state index in [1.165, 1.54) is 37.7 Å². The Kier molecular flexibility index (Phi) is 4.83. The van der Waals surface area contributed by atoms with Gasteiger partial charge in [0.05, 0.1) is 0 Å². The average Bonchev–Trinajstić information content (AvgIpc) is 2.16. The van der Waals surface area contributed by atoms with E-state index in [-0.39, 0.29) is 0 Å². The number of allylic oxidation sites excluding steroid dienone is 4. The second-order valence-electron chi connectivity index (χ2n) is 6.52. The quantitative estimate of drug-likeness (QED) is 0.550. The lowest BCUT2D eigenvalue weighted by atomic mass is 9.73. The second-order valence-corrected chi connectivity index (χ2v) is 6.52. The highest BCUT2D eigenvalue weighted by Gasteiger charge is 2.25. The van der Waals surface area contributed by atoms with E-state index in [1.807, 2.05) is 0 Å². The molecule has 92 valence electrons. The Labute approximate surface area is 102 Å². The van der Waals surface area contributed by atoms with Gasteiger partial charge in [-0.2, -0.15) is 0 Å². The lowest BCUT2D eigenvalue weighted by Gasteiger charge is -2.33. The van der Waals surface area contributed by atoms with Gasteiger partial charge in [-0.05, 0) is 57.3 Å². The summed E-state index contributed by atoms with van der Waals surface area (Å²) in [5.41, 5.74) is 3.63. The molecule has 0 saturated heterocycles. The predicted molar refractivity (Wildman–Crippen MR) is 73.5 cm³/mol. The van der Waals surface area contributed by atoms with Crippen molar-refractivity contribution >= 4 is 0 Å². The van der Waals surface area contributed by atoms with Crippen LogP contribution in [0, 0.1) is 11.3 Å². The first-order valence-electron chi connectivity index (χ1n) is 6.71. The number of rotatable bonds is 3. The third-order valence-corrected chi connectivity index (χ3v) is 3.75. The molecular formula is C16H28. The summed E-state index contributed by atoms with van der Waals surface area (Å²) in [4.78, 5) is 0. The maximum atomic E-state index is 2.51. The minimum atomic E-state index is 0.488. The summed E-state index contributed by atoms with van der Waals surface area (Å²) in [6, 6.07) is 0. The fourth-order valence-corrected chi connectivity index (χ4v) is 2.45. The Morgan fingerprint density at radius 3 is 2.50 bits per heavy atom. The van der Waals surface area contributed by atoms with Crippen LogP contribution in [0.1, 0.15) is 66.7 Å². The van der Waals surface area contributed by atoms with Gasteiger partial charge in [-0.3, -0.25) is 0 Å². The average molecular weight is 220 g/mol. The van der Waals surface area contributed by atoms with Gasteiger partial charge in [-0.1, -0.05) is 44.1 Å². The molecule has 1 unspecified atom stereocenters. The van der Waals surface area contributed by atoms with Crippen LogP contribution in [0.5, 0.6) is 0 Å². The Morgan fingerprint density at radius 2 is 2.06 bits per heavy atom. The van der Waals surface area contributed by atoms with Crippen LogP contribution in [0.4, 0.5) is 0 Å². The molecule has 1 atom stereocenters. The third-order valence-electron chi connectivity index (χ3n) is 3.75. The van der Waals surface area contributed by atoms with E-state index >= 15 is 0 Å². The van der Waals surface area contributed by atoms with Gasteiger partial charge >= 0.3 is 0 Å². The van der Waals surface area contributed by atoms with Gasteiger partial charge < -0.3 is 0 Å². The zero-order valence-electron chi connectivity index (χ0n) is 11.8. The van der Waals surface area contributed by atoms with E-state index in [2.05, 4.69) is 46.8 Å². The summed E-state index contributed by atoms with van der Waals surface area (Å²) < 4.78 is 0. The van der Waals surface area contributed by atoms with Crippen molar-refractivity contribution in [3.63, 3.8) is 0 Å². The van der Waals surface area contributed by atoms with Crippen molar-refractivity contribution in [2.24, 2.45) is 11.3 Å². The molecule has 1 aliphatic rings. The van der Waals surface area contributed by atoms with Crippen LogP contribution in [0.25, 0.3) is 0 Å². The normalized spacial score (nSPS) is 21.6. The van der Waals surface area contributed by atoms with Crippen LogP contribution in [0.3, 0.4) is 0 Å². The summed E-state index contributed by atoms with van der Waals surface area (Å²) in [7, 11) is 0. The molecule has 0 N–H and O–H groups in total. The van der Waals surface area contributed by atoms with Crippen molar-refractivity contribution in [3.8, 4) is 0 Å². The van der Waals surface area contributed by atoms with Crippen LogP contribution < -0.4 is 0 Å². The third kappa shape index (κ3) is 4.55. The molecule has 16 heavy (non-hydrogen) atoms. The van der Waals surface area contributed by atoms with E-state index in [0.717, 1.165) is 5.92 Å². The van der Waals surface area contributed by atoms with Crippen molar-refractivity contribution in [3.05, 3.63) is 23.3 Å². The molecule has 0 aromatic heterocycles. The monoisotopic (exact) mass is 220 g/mol. The van der Waals surface area contributed by atoms with Gasteiger partial charge in [0.2, 0.25) is 0 Å². The van der Waals surface area contributed by atoms with Crippen molar-refractivity contribution in [1.29, 1.82) is 0 Å². The standard InChI is InChI=1S/C16H28/c1-13(2)7-6-8-14-9-11-15(12-10-14)16(3,4)5/h7,9,15H,6,8,10-12H2,1-5H3. The minimum Gasteiger partial charge on any atom is -0.0856 e. The zero-order chi connectivity index (χ0) is 12.2. The molecule has 1 rings (SSSR count). The summed E-state index contributed by atoms with van der Waals surface area (Å²) in [6.45, 7) is 11.5. The second kappa shape index (κ2) is 5.70. The summed E-state index contributed by atoms with van der Waals surface area (Å²) >= 11 is 0. The van der Waals surface area contributed by atoms with E-state index in [4.69, 9.17) is 0 Å². The lowest BCUT2D eigenvalue weighted by Crippen LogP contribution is -2.22. The molecule has 0 fully saturated rings. The Balaban J connectivity index is 2.39. The smallest absolute Gasteiger partial charge is 0.0285 e. The van der Waals surface area contributed by atoms with Crippen molar-refractivity contribution < 1.29 is 0 Å². The first-order chi connectivity index (χ1) is 7.39. The molecule has 0 spiro atoms. The van der Waals surface area contributed by atoms with Gasteiger partial charge in [0.15, 0.2) is 0 Å². The molecule has 0 aromatic rings. The molecule has 0 bridgehead atoms. The summed E-state index contributed by atoms with van der Waals surface area (Å²) in [5.74, 6) is 0.889. The Morgan fingerprint density at radius 1 is 1.38 bits per heavy atom. The van der Waals surface area contributed by atoms with Crippen LogP contribution >= 0.6 is 0 Å². The SMILES string of the molecule is CC(C)=CCCC1=CCC(C(C)(C)C)CC1. The first kappa shape index (κ1) is 13.5. The fraction of sp³-hybridized carbons (Fsp3) is 0.750. The van der Waals surface area contributed by atoms with Crippen molar-refractivity contribution in [1.82, 2.24) is 0 Å². The molecule has 1 aliphatic carbocycles. The fourth-order valence-electron chi connectivity index (χ4n) is 2.45. The summed E-state index contributed by atoms with van der Waals surface area (Å²) in [5, 5.41) is 0. The van der Waals surface area contributed by atoms with Crippen LogP contribution in [0.2, 0.25) is 0 Å². The topological polar surface area (TPSA) is 0 Å². The Bertz CT molecular complexity index is 269. The molecule has 0 aromatic carbocycles. The van der Waals surface area contributed by atoms with Crippen molar-refractivity contribution in [2.45, 2.75) is 66.7 Å².